The molecule has 1 aliphatic carbocycles. The highest BCUT2D eigenvalue weighted by molar-refractivity contribution is 5.82. The Hall–Kier alpha value is -1.81. The first kappa shape index (κ1) is 41.0. The van der Waals surface area contributed by atoms with E-state index in [0.717, 1.165) is 0 Å². The van der Waals surface area contributed by atoms with Crippen molar-refractivity contribution in [3.05, 3.63) is 11.8 Å². The summed E-state index contributed by atoms with van der Waals surface area (Å²) in [4.78, 5) is 12.6. The normalized spacial score (nSPS) is 43.2. The van der Waals surface area contributed by atoms with E-state index < -0.39 is 129 Å². The Bertz CT molecular complexity index is 1150. The molecule has 4 aliphatic rings. The molecule has 0 aromatic carbocycles. The fraction of sp³-hybridized carbons (Fsp3) is 0.893. The van der Waals surface area contributed by atoms with Gasteiger partial charge in [-0.2, -0.15) is 0 Å². The molecular weight excluding hydrogens is 680 g/mol. The summed E-state index contributed by atoms with van der Waals surface area (Å²) in [5.74, 6) is -5.04. The van der Waals surface area contributed by atoms with E-state index in [1.165, 1.54) is 0 Å². The number of likely N-dealkylation sites (N-methyl/N-ethyl adjacent to an activating group) is 1. The third-order valence-corrected chi connectivity index (χ3v) is 9.18. The molecule has 1 amide bonds. The summed E-state index contributed by atoms with van der Waals surface area (Å²) in [5.41, 5.74) is 29.3. The topological polar surface area (TPSA) is 348 Å². The second kappa shape index (κ2) is 17.3. The maximum absolute atomic E-state index is 14.0. The first-order valence-electron chi connectivity index (χ1n) is 16.2. The van der Waals surface area contributed by atoms with Crippen LogP contribution < -0.4 is 39.3 Å². The molecule has 3 fully saturated rings. The van der Waals surface area contributed by atoms with Crippen LogP contribution in [0.1, 0.15) is 12.8 Å². The van der Waals surface area contributed by atoms with Crippen LogP contribution in [-0.2, 0) is 33.2 Å². The molecule has 2 saturated heterocycles. The average molecular weight is 732 g/mol. The van der Waals surface area contributed by atoms with Gasteiger partial charge < -0.3 is 98.4 Å². The molecule has 290 valence electrons. The highest BCUT2D eigenvalue weighted by Gasteiger charge is 2.54. The molecule has 18 N–H and O–H groups in total. The van der Waals surface area contributed by atoms with Gasteiger partial charge in [-0.05, 0) is 26.0 Å². The molecule has 3 heterocycles. The summed E-state index contributed by atoms with van der Waals surface area (Å²) in [7, 11) is 1.69. The van der Waals surface area contributed by atoms with Crippen molar-refractivity contribution < 1.29 is 72.6 Å². The van der Waals surface area contributed by atoms with Crippen LogP contribution in [-0.4, -0.2) is 180 Å². The molecule has 0 aromatic rings. The summed E-state index contributed by atoms with van der Waals surface area (Å²) in [6.45, 7) is -1.96. The number of nitrogens with one attached hydrogen (secondary N) is 2. The van der Waals surface area contributed by atoms with Gasteiger partial charge in [0.25, 0.3) is 11.8 Å². The minimum Gasteiger partial charge on any atom is -0.467 e. The summed E-state index contributed by atoms with van der Waals surface area (Å²) in [6, 6.07) is -4.53. The SMILES string of the molecule is CNCC1=CC[C@@H](N)[C@@H](O[C@H]2[C@H](O[C@@H]3O[C@H](CO)[C@@H](O[C@H]4O[C@@H](CN)[C@@H](O)[C@H](O)[C@H]4N)[C@H]3O)[C@@H](O)[C@H](NC(=O)C(O)C(F)(F)CN)C[C@@H]2N)O1. The fourth-order valence-corrected chi connectivity index (χ4v) is 6.23. The number of hydrogen-bond donors (Lipinski definition) is 13. The molecule has 4 rings (SSSR count). The Morgan fingerprint density at radius 2 is 1.58 bits per heavy atom. The molecule has 1 saturated carbocycles. The Balaban J connectivity index is 1.57. The van der Waals surface area contributed by atoms with Crippen LogP contribution in [0.5, 0.6) is 0 Å². The molecule has 50 heavy (non-hydrogen) atoms. The van der Waals surface area contributed by atoms with Crippen molar-refractivity contribution in [2.75, 3.05) is 33.3 Å². The van der Waals surface area contributed by atoms with E-state index >= 15 is 0 Å². The van der Waals surface area contributed by atoms with Crippen molar-refractivity contribution in [3.63, 3.8) is 0 Å². The van der Waals surface area contributed by atoms with Gasteiger partial charge in [0.05, 0.1) is 37.8 Å². The van der Waals surface area contributed by atoms with Crippen LogP contribution in [0.3, 0.4) is 0 Å². The number of ether oxygens (including phenoxy) is 6. The monoisotopic (exact) mass is 731 g/mol. The molecule has 3 aliphatic heterocycles. The molecule has 0 bridgehead atoms. The van der Waals surface area contributed by atoms with Crippen LogP contribution in [0.25, 0.3) is 0 Å². The predicted molar refractivity (Wildman–Crippen MR) is 164 cm³/mol. The van der Waals surface area contributed by atoms with Gasteiger partial charge >= 0.3 is 0 Å². The Kier molecular flexibility index (Phi) is 14.2. The molecule has 22 heteroatoms. The van der Waals surface area contributed by atoms with Gasteiger partial charge in [-0.3, -0.25) is 4.79 Å². The van der Waals surface area contributed by atoms with Crippen molar-refractivity contribution in [2.45, 2.75) is 123 Å². The standard InChI is InChI=1S/C28H51F2N7O13/c1-36-6-9-2-3-10(33)25(45-9)48-20-11(34)4-12(37-24(44)23(43)28(29,30)8-32)16(39)22(20)50-27-19(42)21(14(7-38)47-27)49-26-15(35)18(41)17(40)13(5-31)46-26/h2,10-23,25-27,36,38-43H,3-8,31-35H2,1H3,(H,37,44)/t10-,11+,12-,13+,14-,15-,16+,17-,18-,19-,20-,21-,22-,23?,25-,26-,27+/m1/s1. The van der Waals surface area contributed by atoms with Crippen LogP contribution in [0, 0.1) is 0 Å². The quantitative estimate of drug-likeness (QED) is 0.0789. The molecule has 0 spiro atoms. The first-order chi connectivity index (χ1) is 23.6. The summed E-state index contributed by atoms with van der Waals surface area (Å²) < 4.78 is 63.2. The number of nitrogens with two attached hydrogens (primary N) is 5. The van der Waals surface area contributed by atoms with Gasteiger partial charge in [0.2, 0.25) is 6.29 Å². The highest BCUT2D eigenvalue weighted by atomic mass is 19.3. The first-order valence-corrected chi connectivity index (χ1v) is 16.2. The number of aliphatic hydroxyl groups is 6. The highest BCUT2D eigenvalue weighted by Crippen LogP contribution is 2.34. The van der Waals surface area contributed by atoms with Gasteiger partial charge in [-0.15, -0.1) is 0 Å². The maximum atomic E-state index is 14.0. The average Bonchev–Trinajstić information content (AvgIpc) is 3.39. The molecule has 0 radical (unpaired) electrons. The van der Waals surface area contributed by atoms with E-state index in [1.807, 2.05) is 0 Å². The number of carbonyl (C=O) groups is 1. The van der Waals surface area contributed by atoms with E-state index in [-0.39, 0.29) is 13.0 Å². The fourth-order valence-electron chi connectivity index (χ4n) is 6.23. The zero-order valence-corrected chi connectivity index (χ0v) is 27.3. The van der Waals surface area contributed by atoms with Crippen molar-refractivity contribution in [1.82, 2.24) is 10.6 Å². The minimum atomic E-state index is -3.99. The lowest BCUT2D eigenvalue weighted by atomic mass is 9.83. The number of aliphatic hydroxyl groups excluding tert-OH is 6. The van der Waals surface area contributed by atoms with Crippen molar-refractivity contribution >= 4 is 5.91 Å². The minimum absolute atomic E-state index is 0.218. The zero-order valence-electron chi connectivity index (χ0n) is 27.3. The third-order valence-electron chi connectivity index (χ3n) is 9.18. The lowest BCUT2D eigenvalue weighted by molar-refractivity contribution is -0.282. The molecule has 20 nitrogen and oxygen atoms in total. The van der Waals surface area contributed by atoms with Crippen LogP contribution in [0.2, 0.25) is 0 Å². The van der Waals surface area contributed by atoms with Crippen LogP contribution in [0.4, 0.5) is 8.78 Å². The van der Waals surface area contributed by atoms with Crippen molar-refractivity contribution in [1.29, 1.82) is 0 Å². The van der Waals surface area contributed by atoms with Gasteiger partial charge in [0, 0.05) is 12.6 Å². The third kappa shape index (κ3) is 8.86. The number of alkyl halides is 2. The summed E-state index contributed by atoms with van der Waals surface area (Å²) in [5, 5.41) is 68.5. The summed E-state index contributed by atoms with van der Waals surface area (Å²) in [6.07, 6.45) is -18.5. The van der Waals surface area contributed by atoms with Crippen molar-refractivity contribution in [2.24, 2.45) is 28.7 Å². The van der Waals surface area contributed by atoms with Gasteiger partial charge in [-0.25, -0.2) is 8.78 Å². The maximum Gasteiger partial charge on any atom is 0.294 e. The van der Waals surface area contributed by atoms with E-state index in [2.05, 4.69) is 10.6 Å². The number of rotatable bonds is 14. The lowest BCUT2D eigenvalue weighted by Gasteiger charge is -2.46. The largest absolute Gasteiger partial charge is 0.467 e. The van der Waals surface area contributed by atoms with Gasteiger partial charge in [-0.1, -0.05) is 0 Å². The predicted octanol–water partition coefficient (Wildman–Crippen LogP) is -7.34. The lowest BCUT2D eigenvalue weighted by Crippen LogP contribution is -2.67. The zero-order chi connectivity index (χ0) is 37.1. The van der Waals surface area contributed by atoms with Gasteiger partial charge in [0.15, 0.2) is 18.7 Å². The van der Waals surface area contributed by atoms with E-state index in [1.54, 1.807) is 13.1 Å². The number of amides is 1. The van der Waals surface area contributed by atoms with Crippen LogP contribution >= 0.6 is 0 Å². The number of hydrogen-bond acceptors (Lipinski definition) is 19. The van der Waals surface area contributed by atoms with Crippen molar-refractivity contribution in [3.8, 4) is 0 Å². The smallest absolute Gasteiger partial charge is 0.294 e. The molecule has 17 atom stereocenters. The molecular formula is C28H51F2N7O13. The number of carbonyl (C=O) groups excluding carboxylic acids is 1. The number of halogens is 2. The van der Waals surface area contributed by atoms with E-state index in [0.29, 0.717) is 18.7 Å². The second-order valence-electron chi connectivity index (χ2n) is 12.8. The molecule has 0 aromatic heterocycles. The van der Waals surface area contributed by atoms with E-state index in [4.69, 9.17) is 57.1 Å². The van der Waals surface area contributed by atoms with E-state index in [9.17, 15) is 44.2 Å². The Labute approximate surface area is 286 Å². The Morgan fingerprint density at radius 1 is 0.940 bits per heavy atom. The van der Waals surface area contributed by atoms with Gasteiger partial charge in [0.1, 0.15) is 60.7 Å². The molecule has 1 unspecified atom stereocenters. The van der Waals surface area contributed by atoms with Crippen LogP contribution in [0.15, 0.2) is 11.8 Å². The Morgan fingerprint density at radius 3 is 2.20 bits per heavy atom. The second-order valence-corrected chi connectivity index (χ2v) is 12.8. The summed E-state index contributed by atoms with van der Waals surface area (Å²) >= 11 is 0.